The fourth-order valence-corrected chi connectivity index (χ4v) is 2.08. The van der Waals surface area contributed by atoms with Crippen LogP contribution in [0.3, 0.4) is 0 Å². The van der Waals surface area contributed by atoms with Crippen LogP contribution < -0.4 is 16.0 Å². The van der Waals surface area contributed by atoms with Crippen LogP contribution in [0.2, 0.25) is 0 Å². The standard InChI is InChI=1S/C12H13N3O4/c13-10(16)6-14-12(19)15-8-4-2-1-3-7(8)5-9(15)11(17)18/h1-4,9H,5-6H2,(H2,13,16)(H,14,19)(H,17,18)/t9-/m0/s1. The highest BCUT2D eigenvalue weighted by molar-refractivity contribution is 6.01. The Morgan fingerprint density at radius 3 is 2.68 bits per heavy atom. The minimum Gasteiger partial charge on any atom is -0.480 e. The van der Waals surface area contributed by atoms with Crippen LogP contribution in [0.5, 0.6) is 0 Å². The Labute approximate surface area is 109 Å². The van der Waals surface area contributed by atoms with E-state index in [2.05, 4.69) is 5.32 Å². The van der Waals surface area contributed by atoms with Gasteiger partial charge in [-0.1, -0.05) is 18.2 Å². The Kier molecular flexibility index (Phi) is 3.37. The molecule has 2 rings (SSSR count). The number of urea groups is 1. The summed E-state index contributed by atoms with van der Waals surface area (Å²) in [7, 11) is 0. The second-order valence-electron chi connectivity index (χ2n) is 4.18. The fraction of sp³-hybridized carbons (Fsp3) is 0.250. The molecule has 0 saturated carbocycles. The van der Waals surface area contributed by atoms with E-state index >= 15 is 0 Å². The molecule has 0 bridgehead atoms. The Morgan fingerprint density at radius 2 is 2.05 bits per heavy atom. The lowest BCUT2D eigenvalue weighted by Crippen LogP contribution is -2.49. The lowest BCUT2D eigenvalue weighted by atomic mass is 10.1. The summed E-state index contributed by atoms with van der Waals surface area (Å²) >= 11 is 0. The Morgan fingerprint density at radius 1 is 1.37 bits per heavy atom. The van der Waals surface area contributed by atoms with Crippen LogP contribution in [0, 0.1) is 0 Å². The van der Waals surface area contributed by atoms with E-state index in [-0.39, 0.29) is 13.0 Å². The zero-order chi connectivity index (χ0) is 14.0. The van der Waals surface area contributed by atoms with E-state index in [1.54, 1.807) is 24.3 Å². The molecule has 100 valence electrons. The zero-order valence-corrected chi connectivity index (χ0v) is 10.00. The van der Waals surface area contributed by atoms with Crippen LogP contribution in [0.25, 0.3) is 0 Å². The second-order valence-corrected chi connectivity index (χ2v) is 4.18. The smallest absolute Gasteiger partial charge is 0.327 e. The third-order valence-electron chi connectivity index (χ3n) is 2.89. The van der Waals surface area contributed by atoms with Crippen molar-refractivity contribution in [2.45, 2.75) is 12.5 Å². The van der Waals surface area contributed by atoms with Crippen molar-refractivity contribution in [2.75, 3.05) is 11.4 Å². The second kappa shape index (κ2) is 4.97. The number of carbonyl (C=O) groups excluding carboxylic acids is 2. The summed E-state index contributed by atoms with van der Waals surface area (Å²) in [4.78, 5) is 35.0. The molecule has 0 radical (unpaired) electrons. The molecule has 1 atom stereocenters. The predicted octanol–water partition coefficient (Wildman–Crippen LogP) is -0.303. The van der Waals surface area contributed by atoms with Gasteiger partial charge in [-0.15, -0.1) is 0 Å². The minimum absolute atomic E-state index is 0.246. The van der Waals surface area contributed by atoms with Crippen LogP contribution in [0.1, 0.15) is 5.56 Å². The lowest BCUT2D eigenvalue weighted by molar-refractivity contribution is -0.138. The molecular weight excluding hydrogens is 250 g/mol. The number of amides is 3. The van der Waals surface area contributed by atoms with E-state index in [4.69, 9.17) is 10.8 Å². The zero-order valence-electron chi connectivity index (χ0n) is 10.00. The third-order valence-corrected chi connectivity index (χ3v) is 2.89. The van der Waals surface area contributed by atoms with Gasteiger partial charge in [0.1, 0.15) is 6.04 Å². The van der Waals surface area contributed by atoms with Gasteiger partial charge < -0.3 is 16.2 Å². The molecule has 0 saturated heterocycles. The van der Waals surface area contributed by atoms with Crippen LogP contribution in [0.4, 0.5) is 10.5 Å². The first-order chi connectivity index (χ1) is 9.00. The molecule has 0 unspecified atom stereocenters. The van der Waals surface area contributed by atoms with Crippen LogP contribution in [-0.4, -0.2) is 35.6 Å². The summed E-state index contributed by atoms with van der Waals surface area (Å²) < 4.78 is 0. The molecule has 0 aliphatic carbocycles. The number of carbonyl (C=O) groups is 3. The topological polar surface area (TPSA) is 113 Å². The number of nitrogens with zero attached hydrogens (tertiary/aromatic N) is 1. The van der Waals surface area contributed by atoms with E-state index in [1.165, 1.54) is 0 Å². The van der Waals surface area contributed by atoms with E-state index in [0.717, 1.165) is 10.5 Å². The minimum atomic E-state index is -1.09. The van der Waals surface area contributed by atoms with Gasteiger partial charge in [-0.2, -0.15) is 0 Å². The molecule has 4 N–H and O–H groups in total. The van der Waals surface area contributed by atoms with Crippen molar-refractivity contribution in [1.82, 2.24) is 5.32 Å². The largest absolute Gasteiger partial charge is 0.480 e. The molecular formula is C12H13N3O4. The van der Waals surface area contributed by atoms with Crippen molar-refractivity contribution >= 4 is 23.6 Å². The van der Waals surface area contributed by atoms with Crippen LogP contribution in [0.15, 0.2) is 24.3 Å². The van der Waals surface area contributed by atoms with Crippen molar-refractivity contribution in [3.63, 3.8) is 0 Å². The van der Waals surface area contributed by atoms with Crippen molar-refractivity contribution in [2.24, 2.45) is 5.73 Å². The molecule has 7 nitrogen and oxygen atoms in total. The SMILES string of the molecule is NC(=O)CNC(=O)N1c2ccccc2C[C@H]1C(=O)O. The molecule has 0 fully saturated rings. The molecule has 1 heterocycles. The lowest BCUT2D eigenvalue weighted by Gasteiger charge is -2.22. The first-order valence-corrected chi connectivity index (χ1v) is 5.67. The average molecular weight is 263 g/mol. The number of rotatable bonds is 3. The number of para-hydroxylation sites is 1. The van der Waals surface area contributed by atoms with Crippen molar-refractivity contribution < 1.29 is 19.5 Å². The van der Waals surface area contributed by atoms with Gasteiger partial charge in [0, 0.05) is 12.1 Å². The number of aliphatic carboxylic acids is 1. The van der Waals surface area contributed by atoms with Gasteiger partial charge in [-0.3, -0.25) is 9.69 Å². The molecule has 19 heavy (non-hydrogen) atoms. The van der Waals surface area contributed by atoms with Gasteiger partial charge in [-0.25, -0.2) is 9.59 Å². The van der Waals surface area contributed by atoms with Crippen molar-refractivity contribution in [1.29, 1.82) is 0 Å². The van der Waals surface area contributed by atoms with Crippen molar-refractivity contribution in [3.8, 4) is 0 Å². The molecule has 1 aliphatic rings. The fourth-order valence-electron chi connectivity index (χ4n) is 2.08. The summed E-state index contributed by atoms with van der Waals surface area (Å²) in [6, 6.07) is 5.33. The summed E-state index contributed by atoms with van der Waals surface area (Å²) in [6.45, 7) is -0.330. The number of hydrogen-bond acceptors (Lipinski definition) is 3. The maximum Gasteiger partial charge on any atom is 0.327 e. The number of nitrogens with two attached hydrogens (primary N) is 1. The molecule has 7 heteroatoms. The normalized spacial score (nSPS) is 16.8. The number of nitrogens with one attached hydrogen (secondary N) is 1. The number of primary amides is 1. The number of benzene rings is 1. The number of carboxylic acids is 1. The third kappa shape index (κ3) is 2.49. The van der Waals surface area contributed by atoms with E-state index in [0.29, 0.717) is 5.69 Å². The average Bonchev–Trinajstić information content (AvgIpc) is 2.75. The Hall–Kier alpha value is -2.57. The summed E-state index contributed by atoms with van der Waals surface area (Å²) in [5, 5.41) is 11.5. The number of carboxylic acid groups (broad SMARTS) is 1. The summed E-state index contributed by atoms with van der Waals surface area (Å²) in [6.07, 6.45) is 0.246. The molecule has 0 aromatic heterocycles. The highest BCUT2D eigenvalue weighted by atomic mass is 16.4. The van der Waals surface area contributed by atoms with E-state index < -0.39 is 23.9 Å². The molecule has 0 spiro atoms. The number of hydrogen-bond donors (Lipinski definition) is 3. The highest BCUT2D eigenvalue weighted by Gasteiger charge is 2.38. The van der Waals surface area contributed by atoms with Gasteiger partial charge in [0.25, 0.3) is 0 Å². The summed E-state index contributed by atoms with van der Waals surface area (Å²) in [5.41, 5.74) is 6.26. The van der Waals surface area contributed by atoms with Gasteiger partial charge >= 0.3 is 12.0 Å². The Balaban J connectivity index is 2.26. The van der Waals surface area contributed by atoms with Gasteiger partial charge in [0.2, 0.25) is 5.91 Å². The van der Waals surface area contributed by atoms with Gasteiger partial charge in [0.05, 0.1) is 6.54 Å². The number of anilines is 1. The molecule has 3 amide bonds. The molecule has 1 aliphatic heterocycles. The van der Waals surface area contributed by atoms with Crippen LogP contribution in [-0.2, 0) is 16.0 Å². The highest BCUT2D eigenvalue weighted by Crippen LogP contribution is 2.31. The van der Waals surface area contributed by atoms with E-state index in [9.17, 15) is 14.4 Å². The predicted molar refractivity (Wildman–Crippen MR) is 66.6 cm³/mol. The maximum absolute atomic E-state index is 12.0. The van der Waals surface area contributed by atoms with E-state index in [1.807, 2.05) is 0 Å². The quantitative estimate of drug-likeness (QED) is 0.694. The van der Waals surface area contributed by atoms with Crippen LogP contribution >= 0.6 is 0 Å². The van der Waals surface area contributed by atoms with Gasteiger partial charge in [-0.05, 0) is 11.6 Å². The molecule has 1 aromatic rings. The molecule has 1 aromatic carbocycles. The van der Waals surface area contributed by atoms with Crippen molar-refractivity contribution in [3.05, 3.63) is 29.8 Å². The summed E-state index contributed by atoms with van der Waals surface area (Å²) in [5.74, 6) is -1.78. The first kappa shape index (κ1) is 12.9. The maximum atomic E-state index is 12.0. The van der Waals surface area contributed by atoms with Gasteiger partial charge in [0.15, 0.2) is 0 Å². The Bertz CT molecular complexity index is 544. The number of fused-ring (bicyclic) bond motifs is 1. The first-order valence-electron chi connectivity index (χ1n) is 5.67. The monoisotopic (exact) mass is 263 g/mol.